The summed E-state index contributed by atoms with van der Waals surface area (Å²) in [6.45, 7) is 5.77. The highest BCUT2D eigenvalue weighted by molar-refractivity contribution is 6.42. The van der Waals surface area contributed by atoms with E-state index in [1.807, 2.05) is 51.1 Å². The molecular weight excluding hydrogens is 369 g/mol. The molecule has 4 nitrogen and oxygen atoms in total. The van der Waals surface area contributed by atoms with Gasteiger partial charge in [-0.05, 0) is 55.7 Å². The van der Waals surface area contributed by atoms with Crippen molar-refractivity contribution < 1.29 is 4.79 Å². The Labute approximate surface area is 163 Å². The summed E-state index contributed by atoms with van der Waals surface area (Å²) >= 11 is 12.5. The van der Waals surface area contributed by atoms with Gasteiger partial charge in [-0.25, -0.2) is 5.01 Å². The molecule has 1 heterocycles. The quantitative estimate of drug-likeness (QED) is 0.748. The van der Waals surface area contributed by atoms with Crippen molar-refractivity contribution in [3.8, 4) is 0 Å². The molecule has 3 rings (SSSR count). The lowest BCUT2D eigenvalue weighted by Gasteiger charge is -2.22. The van der Waals surface area contributed by atoms with Gasteiger partial charge in [-0.1, -0.05) is 36.2 Å². The summed E-state index contributed by atoms with van der Waals surface area (Å²) in [6.07, 6.45) is 1.04. The van der Waals surface area contributed by atoms with E-state index in [2.05, 4.69) is 0 Å². The predicted octanol–water partition coefficient (Wildman–Crippen LogP) is 4.82. The number of hydrogen-bond donors (Lipinski definition) is 1. The Hall–Kier alpha value is -2.04. The zero-order chi connectivity index (χ0) is 19.0. The standard InChI is InChI=1S/C20H21Cl2N3O/c1-4-19(26)25-12(3)8-14-9-16(21)17(22)10-15(14)20(24-25)13-5-6-18(23)11(2)7-13/h5-7,9-10,12H,4,8,23H2,1-3H3. The van der Waals surface area contributed by atoms with Gasteiger partial charge in [0.25, 0.3) is 0 Å². The van der Waals surface area contributed by atoms with Crippen LogP contribution < -0.4 is 5.73 Å². The fraction of sp³-hybridized carbons (Fsp3) is 0.300. The van der Waals surface area contributed by atoms with E-state index in [4.69, 9.17) is 34.0 Å². The van der Waals surface area contributed by atoms with Crippen LogP contribution in [0, 0.1) is 6.92 Å². The number of carbonyl (C=O) groups is 1. The number of hydrazone groups is 1. The fourth-order valence-electron chi connectivity index (χ4n) is 3.14. The normalized spacial score (nSPS) is 16.7. The van der Waals surface area contributed by atoms with Crippen molar-refractivity contribution in [3.05, 3.63) is 62.6 Å². The molecule has 1 aliphatic rings. The largest absolute Gasteiger partial charge is 0.399 e. The second-order valence-electron chi connectivity index (χ2n) is 6.59. The van der Waals surface area contributed by atoms with Crippen LogP contribution in [0.15, 0.2) is 35.4 Å². The smallest absolute Gasteiger partial charge is 0.242 e. The second-order valence-corrected chi connectivity index (χ2v) is 7.40. The van der Waals surface area contributed by atoms with Crippen molar-refractivity contribution in [1.29, 1.82) is 0 Å². The third-order valence-corrected chi connectivity index (χ3v) is 5.37. The number of benzene rings is 2. The first-order valence-corrected chi connectivity index (χ1v) is 9.32. The van der Waals surface area contributed by atoms with E-state index in [1.54, 1.807) is 5.01 Å². The summed E-state index contributed by atoms with van der Waals surface area (Å²) in [4.78, 5) is 12.5. The Morgan fingerprint density at radius 3 is 2.62 bits per heavy atom. The van der Waals surface area contributed by atoms with Gasteiger partial charge in [0, 0.05) is 23.2 Å². The summed E-state index contributed by atoms with van der Waals surface area (Å²) in [5, 5.41) is 7.28. The van der Waals surface area contributed by atoms with Gasteiger partial charge < -0.3 is 5.73 Å². The van der Waals surface area contributed by atoms with Gasteiger partial charge in [0.05, 0.1) is 21.8 Å². The van der Waals surface area contributed by atoms with Crippen LogP contribution in [0.1, 0.15) is 42.5 Å². The SMILES string of the molecule is CCC(=O)N1N=C(c2ccc(N)c(C)c2)c2cc(Cl)c(Cl)cc2CC1C. The van der Waals surface area contributed by atoms with Crippen LogP contribution in [-0.2, 0) is 11.2 Å². The van der Waals surface area contributed by atoms with E-state index >= 15 is 0 Å². The summed E-state index contributed by atoms with van der Waals surface area (Å²) in [7, 11) is 0. The number of rotatable bonds is 2. The summed E-state index contributed by atoms with van der Waals surface area (Å²) in [5.41, 5.74) is 11.1. The maximum absolute atomic E-state index is 12.5. The number of nitrogens with zero attached hydrogens (tertiary/aromatic N) is 2. The zero-order valence-corrected chi connectivity index (χ0v) is 16.5. The first-order chi connectivity index (χ1) is 12.3. The summed E-state index contributed by atoms with van der Waals surface area (Å²) in [5.74, 6) is -0.0211. The van der Waals surface area contributed by atoms with Crippen LogP contribution >= 0.6 is 23.2 Å². The molecule has 136 valence electrons. The minimum atomic E-state index is -0.0779. The molecule has 0 saturated carbocycles. The molecule has 0 bridgehead atoms. The minimum Gasteiger partial charge on any atom is -0.399 e. The number of anilines is 1. The molecule has 1 aliphatic heterocycles. The number of nitrogen functional groups attached to an aromatic ring is 1. The van der Waals surface area contributed by atoms with Crippen molar-refractivity contribution in [2.24, 2.45) is 5.10 Å². The molecule has 2 aromatic carbocycles. The second kappa shape index (κ2) is 7.29. The summed E-state index contributed by atoms with van der Waals surface area (Å²) in [6, 6.07) is 9.37. The van der Waals surface area contributed by atoms with Crippen LogP contribution in [0.3, 0.4) is 0 Å². The maximum atomic E-state index is 12.5. The van der Waals surface area contributed by atoms with Gasteiger partial charge in [-0.15, -0.1) is 0 Å². The predicted molar refractivity (Wildman–Crippen MR) is 108 cm³/mol. The Bertz CT molecular complexity index is 908. The van der Waals surface area contributed by atoms with Crippen molar-refractivity contribution >= 4 is 40.5 Å². The highest BCUT2D eigenvalue weighted by Crippen LogP contribution is 2.32. The molecule has 26 heavy (non-hydrogen) atoms. The molecule has 0 aromatic heterocycles. The van der Waals surface area contributed by atoms with Gasteiger partial charge in [0.1, 0.15) is 0 Å². The number of hydrogen-bond acceptors (Lipinski definition) is 3. The first-order valence-electron chi connectivity index (χ1n) is 8.57. The van der Waals surface area contributed by atoms with Crippen LogP contribution in [0.4, 0.5) is 5.69 Å². The van der Waals surface area contributed by atoms with Gasteiger partial charge in [0.2, 0.25) is 5.91 Å². The summed E-state index contributed by atoms with van der Waals surface area (Å²) < 4.78 is 0. The van der Waals surface area contributed by atoms with Crippen molar-refractivity contribution in [2.45, 2.75) is 39.7 Å². The topological polar surface area (TPSA) is 58.7 Å². The Morgan fingerprint density at radius 2 is 1.96 bits per heavy atom. The minimum absolute atomic E-state index is 0.0211. The van der Waals surface area contributed by atoms with Crippen molar-refractivity contribution in [3.63, 3.8) is 0 Å². The van der Waals surface area contributed by atoms with E-state index in [0.717, 1.165) is 22.3 Å². The molecule has 1 atom stereocenters. The monoisotopic (exact) mass is 389 g/mol. The molecule has 0 radical (unpaired) electrons. The fourth-order valence-corrected chi connectivity index (χ4v) is 3.49. The number of fused-ring (bicyclic) bond motifs is 1. The number of carbonyl (C=O) groups excluding carboxylic acids is 1. The number of halogens is 2. The number of nitrogens with two attached hydrogens (primary N) is 1. The van der Waals surface area contributed by atoms with Gasteiger partial charge in [-0.3, -0.25) is 4.79 Å². The molecule has 1 unspecified atom stereocenters. The van der Waals surface area contributed by atoms with Crippen LogP contribution in [0.2, 0.25) is 10.0 Å². The van der Waals surface area contributed by atoms with Gasteiger partial charge >= 0.3 is 0 Å². The van der Waals surface area contributed by atoms with Crippen LogP contribution in [-0.4, -0.2) is 22.7 Å². The molecule has 0 fully saturated rings. The van der Waals surface area contributed by atoms with Crippen LogP contribution in [0.5, 0.6) is 0 Å². The van der Waals surface area contributed by atoms with E-state index in [1.165, 1.54) is 0 Å². The van der Waals surface area contributed by atoms with Gasteiger partial charge in [0.15, 0.2) is 0 Å². The van der Waals surface area contributed by atoms with E-state index < -0.39 is 0 Å². The molecular formula is C20H21Cl2N3O. The highest BCUT2D eigenvalue weighted by Gasteiger charge is 2.27. The average molecular weight is 390 g/mol. The molecule has 2 aromatic rings. The molecule has 0 aliphatic carbocycles. The number of amides is 1. The molecule has 2 N–H and O–H groups in total. The first kappa shape index (κ1) is 18.7. The Morgan fingerprint density at radius 1 is 1.27 bits per heavy atom. The molecule has 6 heteroatoms. The van der Waals surface area contributed by atoms with Crippen molar-refractivity contribution in [2.75, 3.05) is 5.73 Å². The van der Waals surface area contributed by atoms with E-state index in [0.29, 0.717) is 34.3 Å². The van der Waals surface area contributed by atoms with Crippen LogP contribution in [0.25, 0.3) is 0 Å². The maximum Gasteiger partial charge on any atom is 0.242 e. The third-order valence-electron chi connectivity index (χ3n) is 4.64. The molecule has 0 spiro atoms. The molecule has 0 saturated heterocycles. The average Bonchev–Trinajstić information content (AvgIpc) is 2.74. The van der Waals surface area contributed by atoms with Gasteiger partial charge in [-0.2, -0.15) is 5.10 Å². The Kier molecular flexibility index (Phi) is 5.26. The third kappa shape index (κ3) is 3.44. The highest BCUT2D eigenvalue weighted by atomic mass is 35.5. The molecule has 1 amide bonds. The lowest BCUT2D eigenvalue weighted by Crippen LogP contribution is -2.34. The zero-order valence-electron chi connectivity index (χ0n) is 15.0. The lowest BCUT2D eigenvalue weighted by molar-refractivity contribution is -0.132. The van der Waals surface area contributed by atoms with Crippen molar-refractivity contribution in [1.82, 2.24) is 5.01 Å². The Balaban J connectivity index is 2.26. The van der Waals surface area contributed by atoms with E-state index in [-0.39, 0.29) is 11.9 Å². The van der Waals surface area contributed by atoms with E-state index in [9.17, 15) is 4.79 Å². The number of aryl methyl sites for hydroxylation is 1. The lowest BCUT2D eigenvalue weighted by atomic mass is 9.94.